The summed E-state index contributed by atoms with van der Waals surface area (Å²) in [7, 11) is 0. The van der Waals surface area contributed by atoms with Crippen molar-refractivity contribution in [3.05, 3.63) is 41.0 Å². The van der Waals surface area contributed by atoms with Gasteiger partial charge in [-0.15, -0.1) is 0 Å². The molecular formula is C15H17N3O3. The fraction of sp³-hybridized carbons (Fsp3) is 0.400. The number of anilines is 1. The molecule has 6 heteroatoms. The fourth-order valence-corrected chi connectivity index (χ4v) is 2.73. The number of rotatable bonds is 4. The molecule has 3 rings (SSSR count). The third-order valence-corrected chi connectivity index (χ3v) is 3.73. The second-order valence-corrected chi connectivity index (χ2v) is 5.09. The second-order valence-electron chi connectivity index (χ2n) is 5.09. The van der Waals surface area contributed by atoms with Gasteiger partial charge in [0.25, 0.3) is 0 Å². The minimum atomic E-state index is -0.875. The first kappa shape index (κ1) is 13.6. The molecule has 1 N–H and O–H groups in total. The van der Waals surface area contributed by atoms with E-state index in [9.17, 15) is 9.90 Å². The van der Waals surface area contributed by atoms with Gasteiger partial charge in [0, 0.05) is 18.7 Å². The molecule has 110 valence electrons. The van der Waals surface area contributed by atoms with E-state index in [0.29, 0.717) is 23.8 Å². The van der Waals surface area contributed by atoms with Crippen molar-refractivity contribution in [3.8, 4) is 0 Å². The summed E-state index contributed by atoms with van der Waals surface area (Å²) in [5.74, 6) is 0.390. The van der Waals surface area contributed by atoms with Crippen molar-refractivity contribution in [2.45, 2.75) is 32.7 Å². The van der Waals surface area contributed by atoms with Crippen LogP contribution in [0.4, 0.5) is 5.69 Å². The minimum Gasteiger partial charge on any atom is -0.478 e. The quantitative estimate of drug-likeness (QED) is 0.929. The van der Waals surface area contributed by atoms with Crippen LogP contribution in [0.5, 0.6) is 0 Å². The molecule has 0 fully saturated rings. The highest BCUT2D eigenvalue weighted by molar-refractivity contribution is 5.91. The van der Waals surface area contributed by atoms with Crippen LogP contribution in [0, 0.1) is 0 Å². The van der Waals surface area contributed by atoms with Crippen molar-refractivity contribution in [1.29, 1.82) is 0 Å². The summed E-state index contributed by atoms with van der Waals surface area (Å²) in [5, 5.41) is 13.2. The normalized spacial score (nSPS) is 14.0. The van der Waals surface area contributed by atoms with E-state index in [4.69, 9.17) is 4.52 Å². The van der Waals surface area contributed by atoms with Gasteiger partial charge in [0.2, 0.25) is 5.89 Å². The highest BCUT2D eigenvalue weighted by Gasteiger charge is 2.23. The first-order chi connectivity index (χ1) is 10.2. The first-order valence-electron chi connectivity index (χ1n) is 7.10. The van der Waals surface area contributed by atoms with Gasteiger partial charge < -0.3 is 14.5 Å². The van der Waals surface area contributed by atoms with Gasteiger partial charge in [0.05, 0.1) is 12.1 Å². The van der Waals surface area contributed by atoms with Gasteiger partial charge in [-0.3, -0.25) is 0 Å². The number of carboxylic acid groups (broad SMARTS) is 1. The molecule has 0 radical (unpaired) electrons. The highest BCUT2D eigenvalue weighted by atomic mass is 16.5. The number of carbonyl (C=O) groups is 1. The summed E-state index contributed by atoms with van der Waals surface area (Å²) < 4.78 is 5.23. The van der Waals surface area contributed by atoms with Crippen molar-refractivity contribution >= 4 is 11.7 Å². The van der Waals surface area contributed by atoms with E-state index in [1.165, 1.54) is 0 Å². The molecule has 1 aliphatic heterocycles. The lowest BCUT2D eigenvalue weighted by molar-refractivity contribution is 0.0695. The Kier molecular flexibility index (Phi) is 3.60. The van der Waals surface area contributed by atoms with Crippen LogP contribution in [0.25, 0.3) is 0 Å². The number of benzene rings is 1. The lowest BCUT2D eigenvalue weighted by Gasteiger charge is -2.30. The van der Waals surface area contributed by atoms with Gasteiger partial charge in [0.15, 0.2) is 5.82 Å². The summed E-state index contributed by atoms with van der Waals surface area (Å²) in [5.41, 5.74) is 2.24. The summed E-state index contributed by atoms with van der Waals surface area (Å²) >= 11 is 0. The molecule has 0 bridgehead atoms. The van der Waals surface area contributed by atoms with Crippen molar-refractivity contribution in [2.75, 3.05) is 11.4 Å². The van der Waals surface area contributed by atoms with Crippen LogP contribution >= 0.6 is 0 Å². The third-order valence-electron chi connectivity index (χ3n) is 3.73. The van der Waals surface area contributed by atoms with Crippen LogP contribution in [0.1, 0.15) is 41.0 Å². The number of fused-ring (bicyclic) bond motifs is 1. The molecule has 0 amide bonds. The Labute approximate surface area is 122 Å². The van der Waals surface area contributed by atoms with E-state index in [-0.39, 0.29) is 0 Å². The Morgan fingerprint density at radius 2 is 2.33 bits per heavy atom. The largest absolute Gasteiger partial charge is 0.478 e. The van der Waals surface area contributed by atoms with Crippen LogP contribution in [0.3, 0.4) is 0 Å². The average Bonchev–Trinajstić information content (AvgIpc) is 2.94. The SMILES string of the molecule is CCc1noc(CN2CCCc3c(C(=O)O)cccc32)n1. The molecule has 1 aliphatic rings. The van der Waals surface area contributed by atoms with Crippen molar-refractivity contribution in [3.63, 3.8) is 0 Å². The zero-order valence-corrected chi connectivity index (χ0v) is 11.9. The smallest absolute Gasteiger partial charge is 0.336 e. The molecule has 2 aromatic rings. The maximum absolute atomic E-state index is 11.3. The number of aromatic carboxylic acids is 1. The topological polar surface area (TPSA) is 79.5 Å². The van der Waals surface area contributed by atoms with Crippen LogP contribution in [-0.2, 0) is 19.4 Å². The average molecular weight is 287 g/mol. The third kappa shape index (κ3) is 2.61. The first-order valence-corrected chi connectivity index (χ1v) is 7.10. The van der Waals surface area contributed by atoms with Crippen LogP contribution in [-0.4, -0.2) is 27.8 Å². The van der Waals surface area contributed by atoms with Gasteiger partial charge in [-0.05, 0) is 30.5 Å². The lowest BCUT2D eigenvalue weighted by Crippen LogP contribution is -2.30. The van der Waals surface area contributed by atoms with Crippen LogP contribution in [0.15, 0.2) is 22.7 Å². The second kappa shape index (κ2) is 5.55. The number of aryl methyl sites for hydroxylation is 1. The van der Waals surface area contributed by atoms with E-state index in [1.807, 2.05) is 13.0 Å². The molecule has 0 unspecified atom stereocenters. The molecule has 0 aliphatic carbocycles. The van der Waals surface area contributed by atoms with E-state index in [0.717, 1.165) is 37.1 Å². The lowest BCUT2D eigenvalue weighted by atomic mass is 9.96. The zero-order chi connectivity index (χ0) is 14.8. The molecule has 6 nitrogen and oxygen atoms in total. The van der Waals surface area contributed by atoms with Gasteiger partial charge >= 0.3 is 5.97 Å². The summed E-state index contributed by atoms with van der Waals surface area (Å²) in [6.45, 7) is 3.35. The molecule has 1 aromatic heterocycles. The Hall–Kier alpha value is -2.37. The number of hydrogen-bond donors (Lipinski definition) is 1. The van der Waals surface area contributed by atoms with Crippen molar-refractivity contribution in [1.82, 2.24) is 10.1 Å². The predicted octanol–water partition coefficient (Wildman–Crippen LogP) is 2.28. The fourth-order valence-electron chi connectivity index (χ4n) is 2.73. The van der Waals surface area contributed by atoms with E-state index in [2.05, 4.69) is 15.0 Å². The molecule has 0 saturated carbocycles. The molecule has 21 heavy (non-hydrogen) atoms. The van der Waals surface area contributed by atoms with E-state index >= 15 is 0 Å². The Morgan fingerprint density at radius 3 is 3.05 bits per heavy atom. The molecular weight excluding hydrogens is 270 g/mol. The Bertz CT molecular complexity index is 666. The van der Waals surface area contributed by atoms with E-state index in [1.54, 1.807) is 12.1 Å². The number of carboxylic acids is 1. The summed E-state index contributed by atoms with van der Waals surface area (Å²) in [6, 6.07) is 5.40. The Morgan fingerprint density at radius 1 is 1.48 bits per heavy atom. The van der Waals surface area contributed by atoms with Crippen LogP contribution < -0.4 is 4.90 Å². The van der Waals surface area contributed by atoms with Gasteiger partial charge in [-0.2, -0.15) is 4.98 Å². The minimum absolute atomic E-state index is 0.386. The van der Waals surface area contributed by atoms with E-state index < -0.39 is 5.97 Å². The number of hydrogen-bond acceptors (Lipinski definition) is 5. The highest BCUT2D eigenvalue weighted by Crippen LogP contribution is 2.30. The zero-order valence-electron chi connectivity index (χ0n) is 11.9. The maximum Gasteiger partial charge on any atom is 0.336 e. The Balaban J connectivity index is 1.90. The van der Waals surface area contributed by atoms with Crippen molar-refractivity contribution in [2.24, 2.45) is 0 Å². The molecule has 0 saturated heterocycles. The van der Waals surface area contributed by atoms with Crippen molar-refractivity contribution < 1.29 is 14.4 Å². The molecule has 2 heterocycles. The molecule has 1 aromatic carbocycles. The molecule has 0 atom stereocenters. The van der Waals surface area contributed by atoms with Gasteiger partial charge in [0.1, 0.15) is 0 Å². The number of aromatic nitrogens is 2. The van der Waals surface area contributed by atoms with Gasteiger partial charge in [-0.1, -0.05) is 18.1 Å². The summed E-state index contributed by atoms with van der Waals surface area (Å²) in [6.07, 6.45) is 2.45. The maximum atomic E-state index is 11.3. The molecule has 0 spiro atoms. The number of nitrogens with zero attached hydrogens (tertiary/aromatic N) is 3. The monoisotopic (exact) mass is 287 g/mol. The van der Waals surface area contributed by atoms with Gasteiger partial charge in [-0.25, -0.2) is 4.79 Å². The predicted molar refractivity (Wildman–Crippen MR) is 76.4 cm³/mol. The standard InChI is InChI=1S/C15H17N3O3/c1-2-13-16-14(21-17-13)9-18-8-4-6-10-11(15(19)20)5-3-7-12(10)18/h3,5,7H,2,4,6,8-9H2,1H3,(H,19,20). The summed E-state index contributed by atoms with van der Waals surface area (Å²) in [4.78, 5) is 17.7. The van der Waals surface area contributed by atoms with Crippen LogP contribution in [0.2, 0.25) is 0 Å².